The quantitative estimate of drug-likeness (QED) is 0.118. The summed E-state index contributed by atoms with van der Waals surface area (Å²) in [6, 6.07) is 13.7. The van der Waals surface area contributed by atoms with Crippen molar-refractivity contribution < 1.29 is 58.2 Å². The van der Waals surface area contributed by atoms with Gasteiger partial charge in [0.25, 0.3) is 11.7 Å². The highest BCUT2D eigenvalue weighted by Gasteiger charge is 2.55. The molecule has 1 aliphatic rings. The Morgan fingerprint density at radius 2 is 1.73 bits per heavy atom. The van der Waals surface area contributed by atoms with E-state index in [0.717, 1.165) is 6.92 Å². The summed E-state index contributed by atoms with van der Waals surface area (Å²) in [7, 11) is 0. The Kier molecular flexibility index (Phi) is 13.4. The molecule has 1 heterocycles. The molecule has 2 aromatic carbocycles. The van der Waals surface area contributed by atoms with Gasteiger partial charge < -0.3 is 49.6 Å². The minimum atomic E-state index is -2.49. The minimum Gasteiger partial charge on any atom is -0.477 e. The van der Waals surface area contributed by atoms with Crippen molar-refractivity contribution in [3.63, 3.8) is 0 Å². The summed E-state index contributed by atoms with van der Waals surface area (Å²) >= 11 is 0. The van der Waals surface area contributed by atoms with Crippen LogP contribution in [0, 0.1) is 12.3 Å². The van der Waals surface area contributed by atoms with Crippen LogP contribution < -0.4 is 15.4 Å². The van der Waals surface area contributed by atoms with E-state index in [-0.39, 0.29) is 38.6 Å². The lowest BCUT2D eigenvalue weighted by atomic mass is 9.88. The van der Waals surface area contributed by atoms with Gasteiger partial charge in [-0.15, -0.1) is 6.42 Å². The third-order valence-corrected chi connectivity index (χ3v) is 6.53. The maximum atomic E-state index is 13.0. The summed E-state index contributed by atoms with van der Waals surface area (Å²) in [5.41, 5.74) is 0.161. The fourth-order valence-corrected chi connectivity index (χ4v) is 4.43. The molecule has 0 aliphatic carbocycles. The second kappa shape index (κ2) is 17.2. The third-order valence-electron chi connectivity index (χ3n) is 6.53. The zero-order chi connectivity index (χ0) is 32.8. The maximum absolute atomic E-state index is 13.0. The highest BCUT2D eigenvalue weighted by Crippen LogP contribution is 2.33. The van der Waals surface area contributed by atoms with Crippen LogP contribution in [0.2, 0.25) is 0 Å². The van der Waals surface area contributed by atoms with Gasteiger partial charge in [-0.3, -0.25) is 14.4 Å². The minimum absolute atomic E-state index is 0.0845. The van der Waals surface area contributed by atoms with Crippen LogP contribution in [0.3, 0.4) is 0 Å². The topological polar surface area (TPSA) is 199 Å². The average Bonchev–Trinajstić information content (AvgIpc) is 3.02. The van der Waals surface area contributed by atoms with Gasteiger partial charge in [0, 0.05) is 18.9 Å². The summed E-state index contributed by atoms with van der Waals surface area (Å²) in [5.74, 6) is -3.20. The third kappa shape index (κ3) is 10.4. The van der Waals surface area contributed by atoms with Crippen LogP contribution in [-0.4, -0.2) is 109 Å². The van der Waals surface area contributed by atoms with E-state index in [9.17, 15) is 34.5 Å². The van der Waals surface area contributed by atoms with E-state index in [2.05, 4.69) is 16.6 Å². The molecule has 0 spiro atoms. The summed E-state index contributed by atoms with van der Waals surface area (Å²) in [6.07, 6.45) is -1.02. The molecule has 45 heavy (non-hydrogen) atoms. The van der Waals surface area contributed by atoms with Crippen LogP contribution in [0.4, 0.5) is 0 Å². The number of aliphatic hydroxyl groups excluding tert-OH is 2. The van der Waals surface area contributed by atoms with Crippen LogP contribution in [-0.2, 0) is 33.3 Å². The number of aliphatic carboxylic acids is 1. The van der Waals surface area contributed by atoms with Crippen molar-refractivity contribution in [2.75, 3.05) is 39.6 Å². The van der Waals surface area contributed by atoms with Gasteiger partial charge in [0.15, 0.2) is 5.78 Å². The molecule has 3 rings (SSSR count). The fraction of sp³-hybridized carbons (Fsp3) is 0.419. The number of hydrogen-bond donors (Lipinski definition) is 5. The van der Waals surface area contributed by atoms with Crippen molar-refractivity contribution in [3.05, 3.63) is 60.2 Å². The fourth-order valence-electron chi connectivity index (χ4n) is 4.43. The van der Waals surface area contributed by atoms with Gasteiger partial charge in [0.2, 0.25) is 5.91 Å². The van der Waals surface area contributed by atoms with E-state index < -0.39 is 66.7 Å². The van der Waals surface area contributed by atoms with Crippen LogP contribution >= 0.6 is 0 Å². The molecule has 5 atom stereocenters. The SMILES string of the molecule is C#CCOCCOCCO[C@@]1(C(=O)O)C[C@H](O)[C@@H](NC(C)=O)[C@H]([C@H](O)C(=O)CNC(=O)c2cccc(Oc3ccccc3)c2)O1. The predicted molar refractivity (Wildman–Crippen MR) is 156 cm³/mol. The molecule has 0 saturated carbocycles. The standard InChI is InChI=1S/C31H36N2O12/c1-3-12-41-13-14-42-15-16-43-31(30(39)40)18-24(35)26(33-20(2)34)28(45-31)27(37)25(36)19-32-29(38)21-8-7-11-23(17-21)44-22-9-5-4-6-10-22/h1,4-11,17,24,26-28,35,37H,12-16,18-19H2,2H3,(H,32,38)(H,33,34)(H,39,40)/t24-,26+,27+,28+,31-/m0/s1. The van der Waals surface area contributed by atoms with E-state index in [0.29, 0.717) is 11.5 Å². The normalized spacial score (nSPS) is 21.6. The van der Waals surface area contributed by atoms with Crippen molar-refractivity contribution in [1.29, 1.82) is 0 Å². The lowest BCUT2D eigenvalue weighted by molar-refractivity contribution is -0.306. The maximum Gasteiger partial charge on any atom is 0.364 e. The average molecular weight is 629 g/mol. The molecular weight excluding hydrogens is 592 g/mol. The second-order valence-corrected chi connectivity index (χ2v) is 9.89. The highest BCUT2D eigenvalue weighted by atomic mass is 16.7. The molecule has 2 amide bonds. The van der Waals surface area contributed by atoms with Crippen molar-refractivity contribution in [2.24, 2.45) is 0 Å². The van der Waals surface area contributed by atoms with Gasteiger partial charge in [-0.05, 0) is 30.3 Å². The van der Waals surface area contributed by atoms with Gasteiger partial charge in [0.1, 0.15) is 30.3 Å². The van der Waals surface area contributed by atoms with Crippen molar-refractivity contribution in [1.82, 2.24) is 10.6 Å². The van der Waals surface area contributed by atoms with Gasteiger partial charge in [-0.2, -0.15) is 0 Å². The van der Waals surface area contributed by atoms with Crippen molar-refractivity contribution >= 4 is 23.6 Å². The molecule has 2 aromatic rings. The molecule has 1 fully saturated rings. The first-order valence-corrected chi connectivity index (χ1v) is 14.0. The van der Waals surface area contributed by atoms with Gasteiger partial charge in [-0.1, -0.05) is 30.2 Å². The number of carboxylic acid groups (broad SMARTS) is 1. The Hall–Kier alpha value is -4.36. The Morgan fingerprint density at radius 1 is 1.04 bits per heavy atom. The number of hydrogen-bond acceptors (Lipinski definition) is 11. The van der Waals surface area contributed by atoms with E-state index in [1.165, 1.54) is 12.1 Å². The zero-order valence-electron chi connectivity index (χ0n) is 24.5. The van der Waals surface area contributed by atoms with Crippen LogP contribution in [0.5, 0.6) is 11.5 Å². The molecule has 14 nitrogen and oxygen atoms in total. The Balaban J connectivity index is 1.65. The lowest BCUT2D eigenvalue weighted by Gasteiger charge is -2.45. The second-order valence-electron chi connectivity index (χ2n) is 9.89. The number of terminal acetylenes is 1. The Morgan fingerprint density at radius 3 is 2.42 bits per heavy atom. The van der Waals surface area contributed by atoms with Crippen molar-refractivity contribution in [2.45, 2.75) is 43.5 Å². The lowest BCUT2D eigenvalue weighted by Crippen LogP contribution is -2.67. The summed E-state index contributed by atoms with van der Waals surface area (Å²) in [4.78, 5) is 49.9. The number of carbonyl (C=O) groups excluding carboxylic acids is 3. The molecule has 1 saturated heterocycles. The first kappa shape index (κ1) is 35.1. The smallest absolute Gasteiger partial charge is 0.364 e. The van der Waals surface area contributed by atoms with E-state index in [1.807, 2.05) is 6.07 Å². The number of nitrogens with one attached hydrogen (secondary N) is 2. The number of para-hydroxylation sites is 1. The highest BCUT2D eigenvalue weighted by molar-refractivity contribution is 5.97. The predicted octanol–water partition coefficient (Wildman–Crippen LogP) is 0.257. The molecule has 242 valence electrons. The van der Waals surface area contributed by atoms with Crippen LogP contribution in [0.1, 0.15) is 23.7 Å². The number of aliphatic hydroxyl groups is 2. The molecule has 0 bridgehead atoms. The first-order valence-electron chi connectivity index (χ1n) is 14.0. The number of Topliss-reactive ketones (excluding diaryl/α,β-unsaturated/α-hetero) is 1. The first-order chi connectivity index (χ1) is 21.6. The molecule has 0 unspecified atom stereocenters. The molecule has 5 N–H and O–H groups in total. The number of ether oxygens (including phenoxy) is 5. The molecule has 1 aliphatic heterocycles. The zero-order valence-corrected chi connectivity index (χ0v) is 24.5. The monoisotopic (exact) mass is 628 g/mol. The number of carbonyl (C=O) groups is 4. The number of ketones is 1. The summed E-state index contributed by atoms with van der Waals surface area (Å²) in [5, 5.41) is 36.5. The number of benzene rings is 2. The van der Waals surface area contributed by atoms with Crippen LogP contribution in [0.25, 0.3) is 0 Å². The molecule has 0 aromatic heterocycles. The Bertz CT molecular complexity index is 1350. The van der Waals surface area contributed by atoms with Crippen molar-refractivity contribution in [3.8, 4) is 23.8 Å². The van der Waals surface area contributed by atoms with E-state index >= 15 is 0 Å². The van der Waals surface area contributed by atoms with E-state index in [1.54, 1.807) is 36.4 Å². The molecule has 0 radical (unpaired) electrons. The Labute approximate surface area is 259 Å². The van der Waals surface area contributed by atoms with Crippen LogP contribution in [0.15, 0.2) is 54.6 Å². The molecule has 14 heteroatoms. The van der Waals surface area contributed by atoms with Gasteiger partial charge in [0.05, 0.1) is 45.1 Å². The van der Waals surface area contributed by atoms with Gasteiger partial charge in [-0.25, -0.2) is 4.79 Å². The molecular formula is C31H36N2O12. The summed E-state index contributed by atoms with van der Waals surface area (Å²) < 4.78 is 27.2. The number of amides is 2. The number of rotatable bonds is 17. The largest absolute Gasteiger partial charge is 0.477 e. The van der Waals surface area contributed by atoms with Gasteiger partial charge >= 0.3 is 5.97 Å². The summed E-state index contributed by atoms with van der Waals surface area (Å²) in [6.45, 7) is 0.494. The number of carboxylic acids is 1. The van der Waals surface area contributed by atoms with E-state index in [4.69, 9.17) is 30.1 Å².